The lowest BCUT2D eigenvalue weighted by atomic mass is 10.2. The number of thioether (sulfide) groups is 1. The molecule has 1 N–H and O–H groups in total. The van der Waals surface area contributed by atoms with Crippen molar-refractivity contribution in [3.8, 4) is 0 Å². The van der Waals surface area contributed by atoms with E-state index in [1.54, 1.807) is 18.7 Å². The van der Waals surface area contributed by atoms with E-state index in [1.165, 1.54) is 6.20 Å². The quantitative estimate of drug-likeness (QED) is 0.636. The van der Waals surface area contributed by atoms with Crippen LogP contribution in [0.3, 0.4) is 0 Å². The van der Waals surface area contributed by atoms with E-state index in [-0.39, 0.29) is 5.69 Å². The first-order valence-corrected chi connectivity index (χ1v) is 7.74. The maximum atomic E-state index is 10.8. The van der Waals surface area contributed by atoms with Gasteiger partial charge in [0, 0.05) is 17.4 Å². The van der Waals surface area contributed by atoms with Gasteiger partial charge in [0.2, 0.25) is 0 Å². The van der Waals surface area contributed by atoms with Crippen LogP contribution in [0.5, 0.6) is 0 Å². The first kappa shape index (κ1) is 15.2. The molecule has 0 radical (unpaired) electrons. The fraction of sp³-hybridized carbons (Fsp3) is 0.545. The van der Waals surface area contributed by atoms with E-state index >= 15 is 0 Å². The minimum Gasteiger partial charge on any atom is -0.366 e. The van der Waals surface area contributed by atoms with Crippen LogP contribution in [0.25, 0.3) is 0 Å². The molecule has 0 aromatic carbocycles. The maximum Gasteiger partial charge on any atom is 0.291 e. The molecule has 0 fully saturated rings. The molecular weight excluding hydrogens is 318 g/mol. The Morgan fingerprint density at radius 2 is 2.33 bits per heavy atom. The molecule has 0 spiro atoms. The molecule has 0 bridgehead atoms. The molecule has 1 aromatic rings. The van der Waals surface area contributed by atoms with Gasteiger partial charge in [-0.05, 0) is 35.5 Å². The Bertz CT molecular complexity index is 443. The monoisotopic (exact) mass is 333 g/mol. The fourth-order valence-corrected chi connectivity index (χ4v) is 2.65. The summed E-state index contributed by atoms with van der Waals surface area (Å²) in [5, 5.41) is 14.1. The number of rotatable bonds is 6. The van der Waals surface area contributed by atoms with Gasteiger partial charge in [-0.1, -0.05) is 6.92 Å². The summed E-state index contributed by atoms with van der Waals surface area (Å²) >= 11 is 5.13. The zero-order chi connectivity index (χ0) is 13.7. The van der Waals surface area contributed by atoms with E-state index < -0.39 is 4.92 Å². The van der Waals surface area contributed by atoms with Gasteiger partial charge >= 0.3 is 0 Å². The SMILES string of the molecule is CCC(CSC)Nc1ncc([N+](=O)[O-])c(C)c1Br. The number of aromatic nitrogens is 1. The molecule has 1 unspecified atom stereocenters. The zero-order valence-electron chi connectivity index (χ0n) is 10.6. The number of hydrogen-bond donors (Lipinski definition) is 1. The fourth-order valence-electron chi connectivity index (χ4n) is 1.51. The summed E-state index contributed by atoms with van der Waals surface area (Å²) in [4.78, 5) is 14.5. The van der Waals surface area contributed by atoms with E-state index in [0.717, 1.165) is 12.2 Å². The van der Waals surface area contributed by atoms with Crippen molar-refractivity contribution in [2.75, 3.05) is 17.3 Å². The van der Waals surface area contributed by atoms with Crippen LogP contribution in [0.15, 0.2) is 10.7 Å². The molecule has 5 nitrogen and oxygen atoms in total. The van der Waals surface area contributed by atoms with Crippen molar-refractivity contribution in [1.29, 1.82) is 0 Å². The van der Waals surface area contributed by atoms with Gasteiger partial charge in [0.05, 0.1) is 9.40 Å². The van der Waals surface area contributed by atoms with Crippen molar-refractivity contribution < 1.29 is 4.92 Å². The van der Waals surface area contributed by atoms with Crippen LogP contribution >= 0.6 is 27.7 Å². The zero-order valence-corrected chi connectivity index (χ0v) is 13.0. The molecule has 7 heteroatoms. The normalized spacial score (nSPS) is 12.2. The predicted octanol–water partition coefficient (Wildman–Crippen LogP) is 3.61. The van der Waals surface area contributed by atoms with Gasteiger partial charge in [0.15, 0.2) is 0 Å². The highest BCUT2D eigenvalue weighted by atomic mass is 79.9. The lowest BCUT2D eigenvalue weighted by Gasteiger charge is -2.17. The molecule has 100 valence electrons. The van der Waals surface area contributed by atoms with Crippen LogP contribution in [-0.4, -0.2) is 28.0 Å². The molecule has 0 saturated heterocycles. The van der Waals surface area contributed by atoms with Crippen LogP contribution in [0, 0.1) is 17.0 Å². The Morgan fingerprint density at radius 3 is 2.83 bits per heavy atom. The molecule has 0 aliphatic rings. The highest BCUT2D eigenvalue weighted by Gasteiger charge is 2.18. The highest BCUT2D eigenvalue weighted by molar-refractivity contribution is 9.10. The summed E-state index contributed by atoms with van der Waals surface area (Å²) < 4.78 is 0.663. The third-order valence-electron chi connectivity index (χ3n) is 2.64. The van der Waals surface area contributed by atoms with Crippen molar-refractivity contribution in [3.05, 3.63) is 26.3 Å². The summed E-state index contributed by atoms with van der Waals surface area (Å²) in [6.45, 7) is 3.81. The van der Waals surface area contributed by atoms with Crippen molar-refractivity contribution in [2.24, 2.45) is 0 Å². The van der Waals surface area contributed by atoms with Crippen LogP contribution < -0.4 is 5.32 Å². The van der Waals surface area contributed by atoms with Gasteiger partial charge in [0.1, 0.15) is 12.0 Å². The van der Waals surface area contributed by atoms with Gasteiger partial charge in [0.25, 0.3) is 5.69 Å². The van der Waals surface area contributed by atoms with E-state index in [0.29, 0.717) is 21.9 Å². The Kier molecular flexibility index (Phi) is 5.87. The molecular formula is C11H16BrN3O2S. The summed E-state index contributed by atoms with van der Waals surface area (Å²) in [6, 6.07) is 0.310. The van der Waals surface area contributed by atoms with Gasteiger partial charge < -0.3 is 5.32 Å². The van der Waals surface area contributed by atoms with E-state index in [1.807, 2.05) is 6.26 Å². The third kappa shape index (κ3) is 3.58. The third-order valence-corrected chi connectivity index (χ3v) is 4.34. The Labute approximate surface area is 119 Å². The molecule has 1 atom stereocenters. The average Bonchev–Trinajstić information content (AvgIpc) is 2.33. The van der Waals surface area contributed by atoms with Gasteiger partial charge in [-0.3, -0.25) is 10.1 Å². The number of hydrogen-bond acceptors (Lipinski definition) is 5. The largest absolute Gasteiger partial charge is 0.366 e. The van der Waals surface area contributed by atoms with Crippen molar-refractivity contribution in [2.45, 2.75) is 26.3 Å². The van der Waals surface area contributed by atoms with Crippen LogP contribution in [0.1, 0.15) is 18.9 Å². The number of anilines is 1. The molecule has 1 heterocycles. The lowest BCUT2D eigenvalue weighted by molar-refractivity contribution is -0.385. The summed E-state index contributed by atoms with van der Waals surface area (Å²) in [5.74, 6) is 1.64. The Hall–Kier alpha value is -0.820. The number of halogens is 1. The average molecular weight is 334 g/mol. The van der Waals surface area contributed by atoms with Gasteiger partial charge in [-0.25, -0.2) is 4.98 Å². The maximum absolute atomic E-state index is 10.8. The lowest BCUT2D eigenvalue weighted by Crippen LogP contribution is -2.22. The van der Waals surface area contributed by atoms with Crippen molar-refractivity contribution in [1.82, 2.24) is 4.98 Å². The summed E-state index contributed by atoms with van der Waals surface area (Å²) in [7, 11) is 0. The van der Waals surface area contributed by atoms with Crippen molar-refractivity contribution >= 4 is 39.2 Å². The molecule has 18 heavy (non-hydrogen) atoms. The van der Waals surface area contributed by atoms with E-state index in [4.69, 9.17) is 0 Å². The van der Waals surface area contributed by atoms with Gasteiger partial charge in [-0.15, -0.1) is 0 Å². The molecule has 0 aliphatic carbocycles. The molecule has 0 amide bonds. The Balaban J connectivity index is 2.98. The second-order valence-corrected chi connectivity index (χ2v) is 5.60. The molecule has 1 aromatic heterocycles. The number of pyridine rings is 1. The van der Waals surface area contributed by atoms with Gasteiger partial charge in [-0.2, -0.15) is 11.8 Å². The smallest absolute Gasteiger partial charge is 0.291 e. The highest BCUT2D eigenvalue weighted by Crippen LogP contribution is 2.31. The summed E-state index contributed by atoms with van der Waals surface area (Å²) in [6.07, 6.45) is 4.33. The molecule has 0 aliphatic heterocycles. The Morgan fingerprint density at radius 1 is 1.67 bits per heavy atom. The number of nitrogens with one attached hydrogen (secondary N) is 1. The van der Waals surface area contributed by atoms with Crippen LogP contribution in [0.4, 0.5) is 11.5 Å². The second kappa shape index (κ2) is 6.94. The van der Waals surface area contributed by atoms with Crippen LogP contribution in [-0.2, 0) is 0 Å². The van der Waals surface area contributed by atoms with E-state index in [2.05, 4.69) is 33.2 Å². The van der Waals surface area contributed by atoms with Crippen molar-refractivity contribution in [3.63, 3.8) is 0 Å². The predicted molar refractivity (Wildman–Crippen MR) is 79.4 cm³/mol. The minimum absolute atomic E-state index is 0.0327. The molecule has 1 rings (SSSR count). The standard InChI is InChI=1S/C11H16BrN3O2S/c1-4-8(6-18-3)14-11-10(12)7(2)9(5-13-11)15(16)17/h5,8H,4,6H2,1-3H3,(H,13,14). The molecule has 0 saturated carbocycles. The van der Waals surface area contributed by atoms with Crippen LogP contribution in [0.2, 0.25) is 0 Å². The minimum atomic E-state index is -0.421. The van der Waals surface area contributed by atoms with E-state index in [9.17, 15) is 10.1 Å². The second-order valence-electron chi connectivity index (χ2n) is 3.89. The first-order chi connectivity index (χ1) is 8.51. The first-order valence-electron chi connectivity index (χ1n) is 5.56. The summed E-state index contributed by atoms with van der Waals surface area (Å²) in [5.41, 5.74) is 0.627. The topological polar surface area (TPSA) is 68.1 Å². The number of nitrogens with zero attached hydrogens (tertiary/aromatic N) is 2. The number of nitro groups is 1.